The molecule has 0 bridgehead atoms. The van der Waals surface area contributed by atoms with Gasteiger partial charge >= 0.3 is 0 Å². The smallest absolute Gasteiger partial charge is 0.134 e. The molecule has 1 aromatic heterocycles. The molecule has 0 unspecified atom stereocenters. The quantitative estimate of drug-likeness (QED) is 0.463. The van der Waals surface area contributed by atoms with Gasteiger partial charge in [0.05, 0.1) is 23.3 Å². The predicted molar refractivity (Wildman–Crippen MR) is 59.5 cm³/mol. The maximum atomic E-state index is 13.5. The highest BCUT2D eigenvalue weighted by Crippen LogP contribution is 2.20. The fraction of sp³-hybridized carbons (Fsp3) is 0.200. The lowest BCUT2D eigenvalue weighted by Crippen LogP contribution is -1.95. The first-order valence-electron chi connectivity index (χ1n) is 5.01. The Balaban J connectivity index is 2.40. The summed E-state index contributed by atoms with van der Waals surface area (Å²) in [5, 5.41) is 11.0. The van der Waals surface area contributed by atoms with Crippen LogP contribution >= 0.6 is 0 Å². The summed E-state index contributed by atoms with van der Waals surface area (Å²) in [4.78, 5) is 2.54. The van der Waals surface area contributed by atoms with Crippen molar-refractivity contribution in [2.45, 2.75) is 13.3 Å². The van der Waals surface area contributed by atoms with Gasteiger partial charge in [-0.3, -0.25) is 0 Å². The summed E-state index contributed by atoms with van der Waals surface area (Å²) in [6.07, 6.45) is 2.49. The number of halogens is 1. The van der Waals surface area contributed by atoms with E-state index in [9.17, 15) is 4.39 Å². The topological polar surface area (TPSA) is 79.5 Å². The maximum absolute atomic E-state index is 13.5. The summed E-state index contributed by atoms with van der Waals surface area (Å²) in [5.41, 5.74) is 9.55. The normalized spacial score (nSPS) is 10.0. The Hall–Kier alpha value is -2.40. The number of azide groups is 1. The van der Waals surface area contributed by atoms with E-state index in [2.05, 4.69) is 20.3 Å². The largest absolute Gasteiger partial charge is 0.220 e. The van der Waals surface area contributed by atoms with Crippen molar-refractivity contribution in [2.75, 3.05) is 0 Å². The van der Waals surface area contributed by atoms with Gasteiger partial charge in [-0.15, -0.1) is 5.10 Å². The first-order chi connectivity index (χ1) is 8.24. The molecule has 1 aromatic carbocycles. The van der Waals surface area contributed by atoms with Crippen LogP contribution < -0.4 is 0 Å². The Morgan fingerprint density at radius 2 is 2.35 bits per heavy atom. The molecule has 0 aliphatic carbocycles. The van der Waals surface area contributed by atoms with Crippen molar-refractivity contribution in [2.24, 2.45) is 5.11 Å². The second-order valence-corrected chi connectivity index (χ2v) is 3.33. The van der Waals surface area contributed by atoms with Gasteiger partial charge in [-0.25, -0.2) is 9.07 Å². The third kappa shape index (κ3) is 2.24. The highest BCUT2D eigenvalue weighted by molar-refractivity contribution is 5.45. The average molecular weight is 232 g/mol. The number of nitrogens with zero attached hydrogens (tertiary/aromatic N) is 6. The van der Waals surface area contributed by atoms with Crippen LogP contribution in [-0.2, 0) is 6.42 Å². The van der Waals surface area contributed by atoms with Crippen molar-refractivity contribution in [3.63, 3.8) is 0 Å². The zero-order valence-corrected chi connectivity index (χ0v) is 9.08. The Morgan fingerprint density at radius 3 is 2.94 bits per heavy atom. The molecule has 2 aromatic rings. The van der Waals surface area contributed by atoms with E-state index in [0.29, 0.717) is 5.69 Å². The number of aryl methyl sites for hydroxylation is 1. The van der Waals surface area contributed by atoms with Crippen LogP contribution in [0.25, 0.3) is 16.1 Å². The van der Waals surface area contributed by atoms with E-state index in [1.807, 2.05) is 6.92 Å². The molecule has 0 spiro atoms. The Morgan fingerprint density at radius 1 is 1.53 bits per heavy atom. The summed E-state index contributed by atoms with van der Waals surface area (Å²) in [6.45, 7) is 1.96. The van der Waals surface area contributed by atoms with Crippen LogP contribution in [0.15, 0.2) is 29.5 Å². The first-order valence-corrected chi connectivity index (χ1v) is 5.01. The fourth-order valence-corrected chi connectivity index (χ4v) is 1.35. The van der Waals surface area contributed by atoms with Crippen molar-refractivity contribution < 1.29 is 4.39 Å². The SMILES string of the molecule is CCc1cn(-c2ccc(N=[N+]=[N-])c(F)c2)nn1. The summed E-state index contributed by atoms with van der Waals surface area (Å²) in [6, 6.07) is 4.26. The first kappa shape index (κ1) is 11.1. The highest BCUT2D eigenvalue weighted by Gasteiger charge is 2.05. The lowest BCUT2D eigenvalue weighted by Gasteiger charge is -2.01. The number of benzene rings is 1. The molecule has 2 rings (SSSR count). The molecule has 0 atom stereocenters. The number of hydrogen-bond donors (Lipinski definition) is 0. The number of rotatable bonds is 3. The molecule has 6 nitrogen and oxygen atoms in total. The van der Waals surface area contributed by atoms with Crippen LogP contribution in [0.2, 0.25) is 0 Å². The van der Waals surface area contributed by atoms with Gasteiger partial charge in [-0.05, 0) is 24.1 Å². The standard InChI is InChI=1S/C10H9FN6/c1-2-7-6-17(16-13-7)8-3-4-10(14-15-12)9(11)5-8/h3-6H,2H2,1H3. The van der Waals surface area contributed by atoms with E-state index in [1.165, 1.54) is 16.8 Å². The van der Waals surface area contributed by atoms with Crippen molar-refractivity contribution in [3.05, 3.63) is 46.3 Å². The van der Waals surface area contributed by atoms with Crippen molar-refractivity contribution in [1.29, 1.82) is 0 Å². The van der Waals surface area contributed by atoms with Crippen LogP contribution in [0, 0.1) is 5.82 Å². The van der Waals surface area contributed by atoms with Crippen LogP contribution in [0.1, 0.15) is 12.6 Å². The molecule has 0 N–H and O–H groups in total. The third-order valence-electron chi connectivity index (χ3n) is 2.25. The van der Waals surface area contributed by atoms with E-state index in [0.717, 1.165) is 12.1 Å². The fourth-order valence-electron chi connectivity index (χ4n) is 1.35. The zero-order chi connectivity index (χ0) is 12.3. The van der Waals surface area contributed by atoms with Gasteiger partial charge in [-0.2, -0.15) is 0 Å². The Labute approximate surface area is 96.3 Å². The minimum absolute atomic E-state index is 0.0351. The van der Waals surface area contributed by atoms with E-state index < -0.39 is 5.82 Å². The van der Waals surface area contributed by atoms with Gasteiger partial charge in [0.25, 0.3) is 0 Å². The molecule has 7 heteroatoms. The average Bonchev–Trinajstić information content (AvgIpc) is 2.80. The van der Waals surface area contributed by atoms with E-state index in [1.54, 1.807) is 12.3 Å². The molecule has 0 aliphatic heterocycles. The Bertz CT molecular complexity index is 584. The number of hydrogen-bond acceptors (Lipinski definition) is 3. The molecule has 1 heterocycles. The van der Waals surface area contributed by atoms with Gasteiger partial charge in [-0.1, -0.05) is 17.3 Å². The Kier molecular flexibility index (Phi) is 3.02. The van der Waals surface area contributed by atoms with E-state index in [-0.39, 0.29) is 5.69 Å². The molecule has 0 radical (unpaired) electrons. The molecule has 0 amide bonds. The predicted octanol–water partition coefficient (Wildman–Crippen LogP) is 2.91. The summed E-state index contributed by atoms with van der Waals surface area (Å²) in [7, 11) is 0. The lowest BCUT2D eigenvalue weighted by molar-refractivity contribution is 0.626. The van der Waals surface area contributed by atoms with Crippen molar-refractivity contribution in [1.82, 2.24) is 15.0 Å². The molecule has 17 heavy (non-hydrogen) atoms. The maximum Gasteiger partial charge on any atom is 0.134 e. The van der Waals surface area contributed by atoms with Gasteiger partial charge in [0, 0.05) is 11.0 Å². The van der Waals surface area contributed by atoms with E-state index >= 15 is 0 Å². The van der Waals surface area contributed by atoms with Crippen LogP contribution in [0.4, 0.5) is 10.1 Å². The molecular weight excluding hydrogens is 223 g/mol. The third-order valence-corrected chi connectivity index (χ3v) is 2.25. The van der Waals surface area contributed by atoms with Crippen LogP contribution in [-0.4, -0.2) is 15.0 Å². The molecule has 0 saturated carbocycles. The highest BCUT2D eigenvalue weighted by atomic mass is 19.1. The van der Waals surface area contributed by atoms with Gasteiger partial charge in [0.2, 0.25) is 0 Å². The number of aromatic nitrogens is 3. The van der Waals surface area contributed by atoms with E-state index in [4.69, 9.17) is 5.53 Å². The zero-order valence-electron chi connectivity index (χ0n) is 9.08. The molecule has 0 saturated heterocycles. The van der Waals surface area contributed by atoms with Crippen LogP contribution in [0.3, 0.4) is 0 Å². The summed E-state index contributed by atoms with van der Waals surface area (Å²) < 4.78 is 15.0. The molecular formula is C10H9FN6. The van der Waals surface area contributed by atoms with Gasteiger partial charge < -0.3 is 0 Å². The monoisotopic (exact) mass is 232 g/mol. The second kappa shape index (κ2) is 4.63. The second-order valence-electron chi connectivity index (χ2n) is 3.33. The molecule has 86 valence electrons. The summed E-state index contributed by atoms with van der Waals surface area (Å²) in [5.74, 6) is -0.589. The van der Waals surface area contributed by atoms with Crippen molar-refractivity contribution in [3.8, 4) is 5.69 Å². The molecule has 0 aliphatic rings. The van der Waals surface area contributed by atoms with Crippen molar-refractivity contribution >= 4 is 5.69 Å². The van der Waals surface area contributed by atoms with Gasteiger partial charge in [0.15, 0.2) is 0 Å². The lowest BCUT2D eigenvalue weighted by atomic mass is 10.2. The molecule has 0 fully saturated rings. The van der Waals surface area contributed by atoms with Crippen LogP contribution in [0.5, 0.6) is 0 Å². The van der Waals surface area contributed by atoms with Gasteiger partial charge in [0.1, 0.15) is 5.82 Å². The minimum Gasteiger partial charge on any atom is -0.220 e. The minimum atomic E-state index is -0.589. The summed E-state index contributed by atoms with van der Waals surface area (Å²) >= 11 is 0.